The molecule has 0 amide bonds. The fourth-order valence-corrected chi connectivity index (χ4v) is 4.14. The zero-order valence-electron chi connectivity index (χ0n) is 12.0. The summed E-state index contributed by atoms with van der Waals surface area (Å²) in [5.74, 6) is 0. The second-order valence-electron chi connectivity index (χ2n) is 7.23. The van der Waals surface area contributed by atoms with E-state index < -0.39 is 0 Å². The van der Waals surface area contributed by atoms with Gasteiger partial charge in [0.1, 0.15) is 0 Å². The van der Waals surface area contributed by atoms with E-state index in [9.17, 15) is 0 Å². The third kappa shape index (κ3) is 2.59. The number of nitrogens with zero attached hydrogens (tertiary/aromatic N) is 1. The van der Waals surface area contributed by atoms with Crippen molar-refractivity contribution in [3.05, 3.63) is 0 Å². The molecule has 0 aliphatic carbocycles. The van der Waals surface area contributed by atoms with Gasteiger partial charge in [-0.05, 0) is 57.2 Å². The van der Waals surface area contributed by atoms with Crippen LogP contribution in [-0.4, -0.2) is 49.2 Å². The maximum atomic E-state index is 3.99. The summed E-state index contributed by atoms with van der Waals surface area (Å²) >= 11 is 0. The van der Waals surface area contributed by atoms with E-state index in [0.29, 0.717) is 11.5 Å². The average Bonchev–Trinajstić information content (AvgIpc) is 2.79. The highest BCUT2D eigenvalue weighted by Crippen LogP contribution is 2.30. The first kappa shape index (κ1) is 12.9. The Morgan fingerprint density at radius 1 is 1.17 bits per heavy atom. The van der Waals surface area contributed by atoms with Crippen LogP contribution in [0.4, 0.5) is 0 Å². The normalized spacial score (nSPS) is 40.7. The molecule has 3 unspecified atom stereocenters. The highest BCUT2D eigenvalue weighted by atomic mass is 15.2. The number of hydrogen-bond donors (Lipinski definition) is 2. The SMILES string of the molecule is CC1(C)CNCCC1NC1CCN2CCCC2C1. The molecular formula is C15H29N3. The fourth-order valence-electron chi connectivity index (χ4n) is 4.14. The summed E-state index contributed by atoms with van der Waals surface area (Å²) in [4.78, 5) is 2.71. The molecule has 104 valence electrons. The molecule has 3 heteroatoms. The predicted molar refractivity (Wildman–Crippen MR) is 75.8 cm³/mol. The van der Waals surface area contributed by atoms with Crippen molar-refractivity contribution in [2.75, 3.05) is 26.2 Å². The summed E-state index contributed by atoms with van der Waals surface area (Å²) in [5.41, 5.74) is 0.408. The maximum Gasteiger partial charge on any atom is 0.0145 e. The van der Waals surface area contributed by atoms with Gasteiger partial charge in [-0.2, -0.15) is 0 Å². The molecule has 0 spiro atoms. The molecule has 2 N–H and O–H groups in total. The molecular weight excluding hydrogens is 222 g/mol. The quantitative estimate of drug-likeness (QED) is 0.780. The molecule has 3 fully saturated rings. The molecule has 0 aromatic rings. The number of nitrogens with one attached hydrogen (secondary N) is 2. The number of piperidine rings is 2. The van der Waals surface area contributed by atoms with E-state index in [-0.39, 0.29) is 0 Å². The Morgan fingerprint density at radius 3 is 2.89 bits per heavy atom. The predicted octanol–water partition coefficient (Wildman–Crippen LogP) is 1.59. The van der Waals surface area contributed by atoms with Crippen molar-refractivity contribution in [2.45, 2.75) is 64.1 Å². The van der Waals surface area contributed by atoms with Crippen LogP contribution in [0.25, 0.3) is 0 Å². The number of rotatable bonds is 2. The molecule has 3 saturated heterocycles. The van der Waals surface area contributed by atoms with Gasteiger partial charge in [-0.1, -0.05) is 13.8 Å². The second kappa shape index (κ2) is 5.10. The van der Waals surface area contributed by atoms with Crippen LogP contribution in [0, 0.1) is 5.41 Å². The molecule has 3 aliphatic heterocycles. The van der Waals surface area contributed by atoms with E-state index in [0.717, 1.165) is 18.6 Å². The van der Waals surface area contributed by atoms with Gasteiger partial charge in [-0.15, -0.1) is 0 Å². The van der Waals surface area contributed by atoms with Crippen LogP contribution >= 0.6 is 0 Å². The first-order chi connectivity index (χ1) is 8.65. The minimum atomic E-state index is 0.408. The molecule has 3 heterocycles. The number of hydrogen-bond acceptors (Lipinski definition) is 3. The topological polar surface area (TPSA) is 27.3 Å². The van der Waals surface area contributed by atoms with Crippen molar-refractivity contribution in [3.63, 3.8) is 0 Å². The Morgan fingerprint density at radius 2 is 2.06 bits per heavy atom. The monoisotopic (exact) mass is 251 g/mol. The Bertz CT molecular complexity index is 289. The van der Waals surface area contributed by atoms with E-state index in [4.69, 9.17) is 0 Å². The molecule has 3 aliphatic rings. The van der Waals surface area contributed by atoms with Gasteiger partial charge < -0.3 is 15.5 Å². The smallest absolute Gasteiger partial charge is 0.0145 e. The van der Waals surface area contributed by atoms with Gasteiger partial charge in [0.2, 0.25) is 0 Å². The Labute approximate surface area is 112 Å². The summed E-state index contributed by atoms with van der Waals surface area (Å²) in [6.07, 6.45) is 6.90. The molecule has 18 heavy (non-hydrogen) atoms. The highest BCUT2D eigenvalue weighted by molar-refractivity contribution is 4.95. The molecule has 0 radical (unpaired) electrons. The third-order valence-corrected chi connectivity index (χ3v) is 5.39. The van der Waals surface area contributed by atoms with Crippen LogP contribution in [0.15, 0.2) is 0 Å². The lowest BCUT2D eigenvalue weighted by Crippen LogP contribution is -2.57. The molecule has 3 atom stereocenters. The zero-order valence-corrected chi connectivity index (χ0v) is 12.0. The van der Waals surface area contributed by atoms with E-state index in [1.807, 2.05) is 0 Å². The summed E-state index contributed by atoms with van der Waals surface area (Å²) in [5, 5.41) is 7.53. The lowest BCUT2D eigenvalue weighted by Gasteiger charge is -2.44. The molecule has 3 nitrogen and oxygen atoms in total. The summed E-state index contributed by atoms with van der Waals surface area (Å²) < 4.78 is 0. The zero-order chi connectivity index (χ0) is 12.6. The molecule has 0 aromatic carbocycles. The largest absolute Gasteiger partial charge is 0.316 e. The van der Waals surface area contributed by atoms with Crippen LogP contribution in [0.5, 0.6) is 0 Å². The standard InChI is InChI=1S/C15H29N3/c1-15(2)11-16-7-5-14(15)17-12-6-9-18-8-3-4-13(18)10-12/h12-14,16-17H,3-11H2,1-2H3. The average molecular weight is 251 g/mol. The Hall–Kier alpha value is -0.120. The first-order valence-corrected chi connectivity index (χ1v) is 7.86. The minimum Gasteiger partial charge on any atom is -0.316 e. The minimum absolute atomic E-state index is 0.408. The van der Waals surface area contributed by atoms with Crippen LogP contribution in [-0.2, 0) is 0 Å². The first-order valence-electron chi connectivity index (χ1n) is 7.86. The second-order valence-corrected chi connectivity index (χ2v) is 7.23. The molecule has 0 saturated carbocycles. The van der Waals surface area contributed by atoms with Crippen molar-refractivity contribution < 1.29 is 0 Å². The van der Waals surface area contributed by atoms with Gasteiger partial charge in [0, 0.05) is 24.7 Å². The lowest BCUT2D eigenvalue weighted by molar-refractivity contribution is 0.122. The van der Waals surface area contributed by atoms with Gasteiger partial charge in [0.15, 0.2) is 0 Å². The summed E-state index contributed by atoms with van der Waals surface area (Å²) in [7, 11) is 0. The summed E-state index contributed by atoms with van der Waals surface area (Å²) in [6, 6.07) is 2.37. The van der Waals surface area contributed by atoms with E-state index in [2.05, 4.69) is 29.4 Å². The maximum absolute atomic E-state index is 3.99. The van der Waals surface area contributed by atoms with Crippen molar-refractivity contribution >= 4 is 0 Å². The van der Waals surface area contributed by atoms with Crippen LogP contribution in [0.1, 0.15) is 46.0 Å². The van der Waals surface area contributed by atoms with Gasteiger partial charge in [0.25, 0.3) is 0 Å². The lowest BCUT2D eigenvalue weighted by atomic mass is 9.79. The van der Waals surface area contributed by atoms with Gasteiger partial charge in [0.05, 0.1) is 0 Å². The van der Waals surface area contributed by atoms with Crippen LogP contribution in [0.2, 0.25) is 0 Å². The summed E-state index contributed by atoms with van der Waals surface area (Å²) in [6.45, 7) is 9.84. The van der Waals surface area contributed by atoms with Crippen molar-refractivity contribution in [2.24, 2.45) is 5.41 Å². The van der Waals surface area contributed by atoms with E-state index in [1.54, 1.807) is 0 Å². The molecule has 3 rings (SSSR count). The van der Waals surface area contributed by atoms with E-state index >= 15 is 0 Å². The van der Waals surface area contributed by atoms with Crippen molar-refractivity contribution in [3.8, 4) is 0 Å². The van der Waals surface area contributed by atoms with Crippen molar-refractivity contribution in [1.29, 1.82) is 0 Å². The van der Waals surface area contributed by atoms with Crippen molar-refractivity contribution in [1.82, 2.24) is 15.5 Å². The third-order valence-electron chi connectivity index (χ3n) is 5.39. The fraction of sp³-hybridized carbons (Fsp3) is 1.00. The van der Waals surface area contributed by atoms with Crippen LogP contribution in [0.3, 0.4) is 0 Å². The van der Waals surface area contributed by atoms with Gasteiger partial charge >= 0.3 is 0 Å². The molecule has 0 aromatic heterocycles. The highest BCUT2D eigenvalue weighted by Gasteiger charge is 2.36. The Balaban J connectivity index is 1.56. The van der Waals surface area contributed by atoms with Gasteiger partial charge in [-0.25, -0.2) is 0 Å². The number of fused-ring (bicyclic) bond motifs is 1. The Kier molecular flexibility index (Phi) is 3.65. The van der Waals surface area contributed by atoms with Gasteiger partial charge in [-0.3, -0.25) is 0 Å². The van der Waals surface area contributed by atoms with E-state index in [1.165, 1.54) is 51.7 Å². The van der Waals surface area contributed by atoms with Crippen LogP contribution < -0.4 is 10.6 Å². The molecule has 0 bridgehead atoms.